The van der Waals surface area contributed by atoms with E-state index in [1.807, 2.05) is 12.3 Å². The van der Waals surface area contributed by atoms with Crippen molar-refractivity contribution in [3.63, 3.8) is 0 Å². The third kappa shape index (κ3) is 3.16. The van der Waals surface area contributed by atoms with Gasteiger partial charge in [-0.2, -0.15) is 5.10 Å². The molecule has 21 heavy (non-hydrogen) atoms. The van der Waals surface area contributed by atoms with Crippen molar-refractivity contribution in [1.29, 1.82) is 0 Å². The number of likely N-dealkylation sites (tertiary alicyclic amines) is 1. The molecule has 4 nitrogen and oxygen atoms in total. The van der Waals surface area contributed by atoms with E-state index in [2.05, 4.69) is 59.1 Å². The van der Waals surface area contributed by atoms with Crippen LogP contribution < -0.4 is 0 Å². The van der Waals surface area contributed by atoms with Crippen molar-refractivity contribution in [3.8, 4) is 0 Å². The summed E-state index contributed by atoms with van der Waals surface area (Å²) in [6, 6.07) is 8.83. The number of rotatable bonds is 3. The lowest BCUT2D eigenvalue weighted by molar-refractivity contribution is 0.241. The van der Waals surface area contributed by atoms with Crippen molar-refractivity contribution in [2.45, 2.75) is 51.6 Å². The SMILES string of the molecule is CC(C)(C)c1cc(CN2CCC[C@H]2c2ccccn2)[nH]n1. The molecule has 112 valence electrons. The monoisotopic (exact) mass is 284 g/mol. The van der Waals surface area contributed by atoms with Crippen LogP contribution in [0.2, 0.25) is 0 Å². The van der Waals surface area contributed by atoms with E-state index in [4.69, 9.17) is 0 Å². The molecule has 1 N–H and O–H groups in total. The van der Waals surface area contributed by atoms with Crippen LogP contribution in [0, 0.1) is 0 Å². The zero-order valence-electron chi connectivity index (χ0n) is 13.1. The Labute approximate surface area is 126 Å². The summed E-state index contributed by atoms with van der Waals surface area (Å²) in [6.45, 7) is 8.63. The van der Waals surface area contributed by atoms with E-state index in [1.54, 1.807) is 0 Å². The van der Waals surface area contributed by atoms with E-state index < -0.39 is 0 Å². The van der Waals surface area contributed by atoms with E-state index in [-0.39, 0.29) is 5.41 Å². The summed E-state index contributed by atoms with van der Waals surface area (Å²) in [4.78, 5) is 7.03. The van der Waals surface area contributed by atoms with Crippen LogP contribution in [0.1, 0.15) is 56.7 Å². The fourth-order valence-electron chi connectivity index (χ4n) is 2.97. The van der Waals surface area contributed by atoms with Gasteiger partial charge in [0, 0.05) is 23.9 Å². The van der Waals surface area contributed by atoms with Gasteiger partial charge in [0.2, 0.25) is 0 Å². The van der Waals surface area contributed by atoms with Gasteiger partial charge in [0.15, 0.2) is 0 Å². The summed E-state index contributed by atoms with van der Waals surface area (Å²) in [5.41, 5.74) is 3.61. The molecule has 1 atom stereocenters. The van der Waals surface area contributed by atoms with Crippen LogP contribution in [0.3, 0.4) is 0 Å². The number of nitrogens with one attached hydrogen (secondary N) is 1. The van der Waals surface area contributed by atoms with Gasteiger partial charge in [-0.1, -0.05) is 26.8 Å². The van der Waals surface area contributed by atoms with E-state index in [9.17, 15) is 0 Å². The molecule has 1 aliphatic rings. The molecule has 1 fully saturated rings. The minimum Gasteiger partial charge on any atom is -0.289 e. The highest BCUT2D eigenvalue weighted by molar-refractivity contribution is 5.17. The van der Waals surface area contributed by atoms with E-state index >= 15 is 0 Å². The first-order chi connectivity index (χ1) is 10.0. The molecular weight excluding hydrogens is 260 g/mol. The van der Waals surface area contributed by atoms with Gasteiger partial charge < -0.3 is 0 Å². The van der Waals surface area contributed by atoms with Gasteiger partial charge in [-0.3, -0.25) is 15.0 Å². The lowest BCUT2D eigenvalue weighted by Gasteiger charge is -2.23. The Hall–Kier alpha value is -1.68. The summed E-state index contributed by atoms with van der Waals surface area (Å²) >= 11 is 0. The van der Waals surface area contributed by atoms with Gasteiger partial charge in [0.05, 0.1) is 17.4 Å². The average Bonchev–Trinajstić information content (AvgIpc) is 3.09. The maximum Gasteiger partial charge on any atom is 0.0678 e. The van der Waals surface area contributed by atoms with Crippen LogP contribution in [0.5, 0.6) is 0 Å². The first-order valence-corrected chi connectivity index (χ1v) is 7.74. The molecule has 1 aliphatic heterocycles. The molecule has 0 spiro atoms. The molecule has 0 unspecified atom stereocenters. The van der Waals surface area contributed by atoms with Gasteiger partial charge in [0.1, 0.15) is 0 Å². The quantitative estimate of drug-likeness (QED) is 0.939. The van der Waals surface area contributed by atoms with Gasteiger partial charge in [-0.15, -0.1) is 0 Å². The van der Waals surface area contributed by atoms with Crippen LogP contribution in [0.25, 0.3) is 0 Å². The van der Waals surface area contributed by atoms with Crippen molar-refractivity contribution in [3.05, 3.63) is 47.5 Å². The zero-order valence-corrected chi connectivity index (χ0v) is 13.1. The van der Waals surface area contributed by atoms with E-state index in [1.165, 1.54) is 24.2 Å². The third-order valence-corrected chi connectivity index (χ3v) is 4.17. The summed E-state index contributed by atoms with van der Waals surface area (Å²) in [7, 11) is 0. The highest BCUT2D eigenvalue weighted by atomic mass is 15.2. The molecule has 0 radical (unpaired) electrons. The predicted octanol–water partition coefficient (Wildman–Crippen LogP) is 3.44. The second kappa shape index (κ2) is 5.60. The van der Waals surface area contributed by atoms with Crippen LogP contribution in [-0.2, 0) is 12.0 Å². The molecule has 0 aromatic carbocycles. The maximum atomic E-state index is 4.53. The number of hydrogen-bond acceptors (Lipinski definition) is 3. The van der Waals surface area contributed by atoms with Crippen LogP contribution in [0.15, 0.2) is 30.5 Å². The smallest absolute Gasteiger partial charge is 0.0678 e. The average molecular weight is 284 g/mol. The highest BCUT2D eigenvalue weighted by Gasteiger charge is 2.27. The standard InChI is InChI=1S/C17H24N4/c1-17(2,3)16-11-13(19-20-16)12-21-10-6-8-15(21)14-7-4-5-9-18-14/h4-5,7,9,11,15H,6,8,10,12H2,1-3H3,(H,19,20)/t15-/m0/s1. The molecule has 0 bridgehead atoms. The van der Waals surface area contributed by atoms with Gasteiger partial charge in [-0.25, -0.2) is 0 Å². The second-order valence-electron chi connectivity index (χ2n) is 6.91. The summed E-state index contributed by atoms with van der Waals surface area (Å²) < 4.78 is 0. The normalized spacial score (nSPS) is 20.0. The Morgan fingerprint density at radius 2 is 2.19 bits per heavy atom. The number of hydrogen-bond donors (Lipinski definition) is 1. The van der Waals surface area contributed by atoms with Crippen LogP contribution in [0.4, 0.5) is 0 Å². The van der Waals surface area contributed by atoms with Crippen molar-refractivity contribution in [1.82, 2.24) is 20.1 Å². The molecule has 0 amide bonds. The Balaban J connectivity index is 1.73. The van der Waals surface area contributed by atoms with Crippen LogP contribution in [-0.4, -0.2) is 26.6 Å². The van der Waals surface area contributed by atoms with Crippen molar-refractivity contribution >= 4 is 0 Å². The Morgan fingerprint density at radius 1 is 1.33 bits per heavy atom. The number of aromatic amines is 1. The maximum absolute atomic E-state index is 4.53. The first kappa shape index (κ1) is 14.3. The Bertz CT molecular complexity index is 582. The van der Waals surface area contributed by atoms with Gasteiger partial charge in [0.25, 0.3) is 0 Å². The van der Waals surface area contributed by atoms with Crippen molar-refractivity contribution < 1.29 is 0 Å². The molecule has 0 aliphatic carbocycles. The number of aromatic nitrogens is 3. The summed E-state index contributed by atoms with van der Waals surface area (Å²) in [6.07, 6.45) is 4.32. The first-order valence-electron chi connectivity index (χ1n) is 7.74. The lowest BCUT2D eigenvalue weighted by Crippen LogP contribution is -2.23. The highest BCUT2D eigenvalue weighted by Crippen LogP contribution is 2.32. The number of H-pyrrole nitrogens is 1. The minimum absolute atomic E-state index is 0.0974. The molecule has 3 rings (SSSR count). The zero-order chi connectivity index (χ0) is 14.9. The lowest BCUT2D eigenvalue weighted by atomic mass is 9.92. The van der Waals surface area contributed by atoms with E-state index in [0.717, 1.165) is 18.8 Å². The fourth-order valence-corrected chi connectivity index (χ4v) is 2.97. The topological polar surface area (TPSA) is 44.8 Å². The van der Waals surface area contributed by atoms with Crippen molar-refractivity contribution in [2.75, 3.05) is 6.54 Å². The molecule has 2 aromatic rings. The number of nitrogens with zero attached hydrogens (tertiary/aromatic N) is 3. The Morgan fingerprint density at radius 3 is 2.86 bits per heavy atom. The molecule has 1 saturated heterocycles. The Kier molecular flexibility index (Phi) is 3.81. The molecule has 4 heteroatoms. The number of pyridine rings is 1. The summed E-state index contributed by atoms with van der Waals surface area (Å²) in [5, 5.41) is 7.66. The molecule has 3 heterocycles. The van der Waals surface area contributed by atoms with Crippen molar-refractivity contribution in [2.24, 2.45) is 0 Å². The largest absolute Gasteiger partial charge is 0.289 e. The third-order valence-electron chi connectivity index (χ3n) is 4.17. The minimum atomic E-state index is 0.0974. The van der Waals surface area contributed by atoms with E-state index in [0.29, 0.717) is 6.04 Å². The van der Waals surface area contributed by atoms with Gasteiger partial charge >= 0.3 is 0 Å². The second-order valence-corrected chi connectivity index (χ2v) is 6.91. The molecule has 2 aromatic heterocycles. The predicted molar refractivity (Wildman–Crippen MR) is 83.9 cm³/mol. The van der Waals surface area contributed by atoms with Gasteiger partial charge in [-0.05, 0) is 37.6 Å². The summed E-state index contributed by atoms with van der Waals surface area (Å²) in [5.74, 6) is 0. The molecular formula is C17H24N4. The fraction of sp³-hybridized carbons (Fsp3) is 0.529. The van der Waals surface area contributed by atoms with Crippen LogP contribution >= 0.6 is 0 Å². The molecule has 0 saturated carbocycles.